The standard InChI is InChI=1S/C21H17BrFNO2/c22-13-5-3-6-14(11-13)24-18-9-4-10-19(25)21(18)16(12-20(24)26)15-7-1-2-8-17(15)23/h1-3,5-8,11,16H,4,9-10,12H2. The Bertz CT molecular complexity index is 937. The van der Waals surface area contributed by atoms with E-state index in [2.05, 4.69) is 15.9 Å². The number of anilines is 1. The number of allylic oxidation sites excluding steroid dienone is 2. The fraction of sp³-hybridized carbons (Fsp3) is 0.238. The van der Waals surface area contributed by atoms with Crippen LogP contribution in [0.5, 0.6) is 0 Å². The van der Waals surface area contributed by atoms with Gasteiger partial charge < -0.3 is 0 Å². The van der Waals surface area contributed by atoms with Crippen LogP contribution in [0.2, 0.25) is 0 Å². The Balaban J connectivity index is 1.89. The van der Waals surface area contributed by atoms with Crippen molar-refractivity contribution in [1.29, 1.82) is 0 Å². The highest BCUT2D eigenvalue weighted by Gasteiger charge is 2.40. The molecule has 26 heavy (non-hydrogen) atoms. The molecular weight excluding hydrogens is 397 g/mol. The van der Waals surface area contributed by atoms with Crippen molar-refractivity contribution in [3.63, 3.8) is 0 Å². The molecule has 1 aliphatic carbocycles. The number of carbonyl (C=O) groups excluding carboxylic acids is 2. The maximum Gasteiger partial charge on any atom is 0.232 e. The van der Waals surface area contributed by atoms with Gasteiger partial charge in [0.05, 0.1) is 0 Å². The van der Waals surface area contributed by atoms with Crippen LogP contribution in [0.1, 0.15) is 37.2 Å². The Kier molecular flexibility index (Phi) is 4.49. The van der Waals surface area contributed by atoms with Crippen molar-refractivity contribution in [2.75, 3.05) is 4.90 Å². The molecule has 1 heterocycles. The van der Waals surface area contributed by atoms with Crippen molar-refractivity contribution in [2.45, 2.75) is 31.6 Å². The zero-order valence-corrected chi connectivity index (χ0v) is 15.6. The molecule has 0 fully saturated rings. The third-order valence-corrected chi connectivity index (χ3v) is 5.52. The molecule has 0 spiro atoms. The number of Topliss-reactive ketones (excluding diaryl/α,β-unsaturated/α-hetero) is 1. The van der Waals surface area contributed by atoms with Crippen LogP contribution in [0, 0.1) is 5.82 Å². The van der Waals surface area contributed by atoms with E-state index in [1.807, 2.05) is 24.3 Å². The zero-order chi connectivity index (χ0) is 18.3. The number of nitrogens with zero attached hydrogens (tertiary/aromatic N) is 1. The molecule has 1 atom stereocenters. The summed E-state index contributed by atoms with van der Waals surface area (Å²) in [6.45, 7) is 0. The Hall–Kier alpha value is -2.27. The number of hydrogen-bond acceptors (Lipinski definition) is 2. The first-order chi connectivity index (χ1) is 12.6. The first-order valence-electron chi connectivity index (χ1n) is 8.65. The number of ketones is 1. The lowest BCUT2D eigenvalue weighted by molar-refractivity contribution is -0.119. The number of rotatable bonds is 2. The molecule has 4 rings (SSSR count). The number of carbonyl (C=O) groups is 2. The summed E-state index contributed by atoms with van der Waals surface area (Å²) in [6.07, 6.45) is 1.89. The van der Waals surface area contributed by atoms with E-state index in [-0.39, 0.29) is 23.9 Å². The summed E-state index contributed by atoms with van der Waals surface area (Å²) in [5, 5.41) is 0. The van der Waals surface area contributed by atoms with Crippen LogP contribution in [0.4, 0.5) is 10.1 Å². The van der Waals surface area contributed by atoms with Gasteiger partial charge in [-0.15, -0.1) is 0 Å². The summed E-state index contributed by atoms with van der Waals surface area (Å²) < 4.78 is 15.3. The van der Waals surface area contributed by atoms with E-state index >= 15 is 0 Å². The third kappa shape index (κ3) is 2.90. The Morgan fingerprint density at radius 1 is 1.04 bits per heavy atom. The fourth-order valence-corrected chi connectivity index (χ4v) is 4.32. The van der Waals surface area contributed by atoms with Gasteiger partial charge in [0.2, 0.25) is 5.91 Å². The Morgan fingerprint density at radius 2 is 1.85 bits per heavy atom. The highest BCUT2D eigenvalue weighted by atomic mass is 79.9. The SMILES string of the molecule is O=C1CCCC2=C1C(c1ccccc1F)CC(=O)N2c1cccc(Br)c1. The quantitative estimate of drug-likeness (QED) is 0.685. The van der Waals surface area contributed by atoms with Crippen LogP contribution in [-0.4, -0.2) is 11.7 Å². The smallest absolute Gasteiger partial charge is 0.232 e. The number of halogens is 2. The molecule has 0 N–H and O–H groups in total. The molecule has 1 amide bonds. The zero-order valence-electron chi connectivity index (χ0n) is 14.0. The average Bonchev–Trinajstić information content (AvgIpc) is 2.61. The summed E-state index contributed by atoms with van der Waals surface area (Å²) in [5.74, 6) is -0.960. The molecule has 0 bridgehead atoms. The Morgan fingerprint density at radius 3 is 2.62 bits per heavy atom. The van der Waals surface area contributed by atoms with Crippen LogP contribution in [0.15, 0.2) is 64.3 Å². The minimum absolute atomic E-state index is 0.0204. The monoisotopic (exact) mass is 413 g/mol. The number of amides is 1. The molecule has 0 saturated heterocycles. The van der Waals surface area contributed by atoms with Gasteiger partial charge in [-0.25, -0.2) is 4.39 Å². The third-order valence-electron chi connectivity index (χ3n) is 5.02. The summed E-state index contributed by atoms with van der Waals surface area (Å²) in [7, 11) is 0. The van der Waals surface area contributed by atoms with Gasteiger partial charge in [-0.05, 0) is 42.7 Å². The molecule has 1 aliphatic heterocycles. The molecule has 5 heteroatoms. The van der Waals surface area contributed by atoms with Gasteiger partial charge >= 0.3 is 0 Å². The molecule has 2 aliphatic rings. The van der Waals surface area contributed by atoms with E-state index in [0.29, 0.717) is 30.4 Å². The van der Waals surface area contributed by atoms with E-state index in [4.69, 9.17) is 0 Å². The van der Waals surface area contributed by atoms with Crippen LogP contribution in [0.3, 0.4) is 0 Å². The molecule has 1 unspecified atom stereocenters. The van der Waals surface area contributed by atoms with Gasteiger partial charge in [-0.3, -0.25) is 14.5 Å². The van der Waals surface area contributed by atoms with E-state index in [1.165, 1.54) is 6.07 Å². The van der Waals surface area contributed by atoms with Crippen molar-refractivity contribution in [3.8, 4) is 0 Å². The Labute approximate surface area is 159 Å². The van der Waals surface area contributed by atoms with Crippen LogP contribution < -0.4 is 4.90 Å². The summed E-state index contributed by atoms with van der Waals surface area (Å²) in [5.41, 5.74) is 2.49. The van der Waals surface area contributed by atoms with Crippen molar-refractivity contribution in [1.82, 2.24) is 0 Å². The second kappa shape index (κ2) is 6.80. The molecule has 3 nitrogen and oxygen atoms in total. The van der Waals surface area contributed by atoms with Crippen molar-refractivity contribution in [3.05, 3.63) is 75.7 Å². The van der Waals surface area contributed by atoms with E-state index < -0.39 is 5.92 Å². The summed E-state index contributed by atoms with van der Waals surface area (Å²) in [6, 6.07) is 13.9. The van der Waals surface area contributed by atoms with Gasteiger partial charge in [0.15, 0.2) is 5.78 Å². The molecule has 2 aromatic carbocycles. The topological polar surface area (TPSA) is 37.4 Å². The lowest BCUT2D eigenvalue weighted by atomic mass is 9.77. The highest BCUT2D eigenvalue weighted by molar-refractivity contribution is 9.10. The average molecular weight is 414 g/mol. The minimum Gasteiger partial charge on any atom is -0.294 e. The van der Waals surface area contributed by atoms with Gasteiger partial charge in [-0.1, -0.05) is 40.2 Å². The predicted octanol–water partition coefficient (Wildman–Crippen LogP) is 5.12. The minimum atomic E-state index is -0.505. The van der Waals surface area contributed by atoms with E-state index in [9.17, 15) is 14.0 Å². The van der Waals surface area contributed by atoms with Crippen molar-refractivity contribution < 1.29 is 14.0 Å². The molecule has 0 saturated carbocycles. The molecule has 132 valence electrons. The molecule has 0 radical (unpaired) electrons. The molecule has 2 aromatic rings. The van der Waals surface area contributed by atoms with Gasteiger partial charge in [0.25, 0.3) is 0 Å². The number of benzene rings is 2. The lowest BCUT2D eigenvalue weighted by Crippen LogP contribution is -2.40. The fourth-order valence-electron chi connectivity index (χ4n) is 3.93. The molecule has 0 aromatic heterocycles. The predicted molar refractivity (Wildman–Crippen MR) is 101 cm³/mol. The maximum absolute atomic E-state index is 14.4. The van der Waals surface area contributed by atoms with Crippen molar-refractivity contribution in [2.24, 2.45) is 0 Å². The summed E-state index contributed by atoms with van der Waals surface area (Å²) in [4.78, 5) is 27.4. The normalized spacial score (nSPS) is 20.4. The second-order valence-corrected chi connectivity index (χ2v) is 7.54. The van der Waals surface area contributed by atoms with Crippen LogP contribution >= 0.6 is 15.9 Å². The highest BCUT2D eigenvalue weighted by Crippen LogP contribution is 2.44. The summed E-state index contributed by atoms with van der Waals surface area (Å²) >= 11 is 3.44. The van der Waals surface area contributed by atoms with E-state index in [0.717, 1.165) is 15.9 Å². The second-order valence-electron chi connectivity index (χ2n) is 6.62. The largest absolute Gasteiger partial charge is 0.294 e. The molecular formula is C21H17BrFNO2. The van der Waals surface area contributed by atoms with Gasteiger partial charge in [0.1, 0.15) is 5.82 Å². The number of hydrogen-bond donors (Lipinski definition) is 0. The van der Waals surface area contributed by atoms with Crippen molar-refractivity contribution >= 4 is 33.3 Å². The maximum atomic E-state index is 14.4. The van der Waals surface area contributed by atoms with Crippen LogP contribution in [0.25, 0.3) is 0 Å². The van der Waals surface area contributed by atoms with Gasteiger partial charge in [-0.2, -0.15) is 0 Å². The van der Waals surface area contributed by atoms with Gasteiger partial charge in [0, 0.05) is 40.2 Å². The lowest BCUT2D eigenvalue weighted by Gasteiger charge is -2.38. The first-order valence-corrected chi connectivity index (χ1v) is 9.45. The first kappa shape index (κ1) is 17.2. The van der Waals surface area contributed by atoms with E-state index in [1.54, 1.807) is 23.1 Å². The van der Waals surface area contributed by atoms with Crippen LogP contribution in [-0.2, 0) is 9.59 Å².